The number of amides is 1. The molecule has 0 aromatic heterocycles. The quantitative estimate of drug-likeness (QED) is 0.747. The van der Waals surface area contributed by atoms with Gasteiger partial charge in [-0.3, -0.25) is 4.79 Å². The van der Waals surface area contributed by atoms with Crippen molar-refractivity contribution in [2.24, 2.45) is 0 Å². The normalized spacial score (nSPS) is 17.9. The first-order valence-electron chi connectivity index (χ1n) is 7.07. The second kappa shape index (κ2) is 7.87. The van der Waals surface area contributed by atoms with E-state index < -0.39 is 0 Å². The molecule has 2 rings (SSSR count). The zero-order valence-corrected chi connectivity index (χ0v) is 11.9. The van der Waals surface area contributed by atoms with Gasteiger partial charge in [0.05, 0.1) is 18.9 Å². The van der Waals surface area contributed by atoms with E-state index in [4.69, 9.17) is 9.47 Å². The molecule has 1 unspecified atom stereocenters. The molecule has 1 heterocycles. The molecule has 1 atom stereocenters. The molecule has 2 N–H and O–H groups in total. The van der Waals surface area contributed by atoms with Crippen LogP contribution in [-0.4, -0.2) is 38.8 Å². The van der Waals surface area contributed by atoms with E-state index in [2.05, 4.69) is 10.6 Å². The lowest BCUT2D eigenvalue weighted by atomic mass is 10.2. The smallest absolute Gasteiger partial charge is 0.224 e. The van der Waals surface area contributed by atoms with Crippen molar-refractivity contribution in [1.82, 2.24) is 5.32 Å². The summed E-state index contributed by atoms with van der Waals surface area (Å²) in [6.07, 6.45) is 2.30. The summed E-state index contributed by atoms with van der Waals surface area (Å²) in [5, 5.41) is 5.94. The third kappa shape index (κ3) is 4.51. The van der Waals surface area contributed by atoms with Gasteiger partial charge in [-0.15, -0.1) is 0 Å². The molecule has 5 heteroatoms. The molecular formula is C15H22N2O3. The van der Waals surface area contributed by atoms with Crippen LogP contribution in [0.15, 0.2) is 24.3 Å². The van der Waals surface area contributed by atoms with Crippen molar-refractivity contribution in [3.05, 3.63) is 24.3 Å². The summed E-state index contributed by atoms with van der Waals surface area (Å²) in [6.45, 7) is 2.19. The van der Waals surface area contributed by atoms with Gasteiger partial charge in [0, 0.05) is 12.8 Å². The number of nitrogens with one attached hydrogen (secondary N) is 2. The minimum atomic E-state index is 0.0129. The minimum absolute atomic E-state index is 0.0129. The lowest BCUT2D eigenvalue weighted by Crippen LogP contribution is -2.19. The lowest BCUT2D eigenvalue weighted by Gasteiger charge is -2.16. The average Bonchev–Trinajstić information content (AvgIpc) is 2.94. The van der Waals surface area contributed by atoms with Gasteiger partial charge < -0.3 is 20.1 Å². The average molecular weight is 278 g/mol. The van der Waals surface area contributed by atoms with Crippen LogP contribution in [0.25, 0.3) is 0 Å². The van der Waals surface area contributed by atoms with Crippen LogP contribution in [0.4, 0.5) is 5.69 Å². The Morgan fingerprint density at radius 1 is 1.45 bits per heavy atom. The van der Waals surface area contributed by atoms with Gasteiger partial charge in [0.25, 0.3) is 0 Å². The molecule has 1 saturated heterocycles. The number of hydrogen-bond donors (Lipinski definition) is 2. The van der Waals surface area contributed by atoms with Gasteiger partial charge in [-0.05, 0) is 32.1 Å². The molecule has 1 amide bonds. The first-order chi connectivity index (χ1) is 9.79. The molecule has 1 aliphatic heterocycles. The van der Waals surface area contributed by atoms with Gasteiger partial charge in [-0.25, -0.2) is 0 Å². The first-order valence-corrected chi connectivity index (χ1v) is 7.07. The highest BCUT2D eigenvalue weighted by atomic mass is 16.5. The van der Waals surface area contributed by atoms with Crippen LogP contribution in [0.3, 0.4) is 0 Å². The third-order valence-electron chi connectivity index (χ3n) is 3.17. The van der Waals surface area contributed by atoms with E-state index in [1.54, 1.807) is 0 Å². The second-order valence-corrected chi connectivity index (χ2v) is 4.85. The van der Waals surface area contributed by atoms with Gasteiger partial charge in [-0.2, -0.15) is 0 Å². The van der Waals surface area contributed by atoms with Crippen LogP contribution in [-0.2, 0) is 9.53 Å². The Labute approximate surface area is 119 Å². The monoisotopic (exact) mass is 278 g/mol. The summed E-state index contributed by atoms with van der Waals surface area (Å²) in [4.78, 5) is 11.9. The molecule has 1 fully saturated rings. The Balaban J connectivity index is 1.91. The highest BCUT2D eigenvalue weighted by molar-refractivity contribution is 5.92. The molecule has 0 radical (unpaired) electrons. The molecule has 1 aromatic rings. The van der Waals surface area contributed by atoms with E-state index in [0.717, 1.165) is 31.7 Å². The van der Waals surface area contributed by atoms with Gasteiger partial charge in [0.2, 0.25) is 5.91 Å². The van der Waals surface area contributed by atoms with Crippen molar-refractivity contribution < 1.29 is 14.3 Å². The number of anilines is 1. The van der Waals surface area contributed by atoms with Crippen LogP contribution in [0.1, 0.15) is 19.3 Å². The molecule has 0 saturated carbocycles. The Kier molecular flexibility index (Phi) is 5.83. The Bertz CT molecular complexity index is 431. The van der Waals surface area contributed by atoms with Crippen LogP contribution < -0.4 is 15.4 Å². The number of benzene rings is 1. The highest BCUT2D eigenvalue weighted by Gasteiger charge is 2.18. The van der Waals surface area contributed by atoms with Gasteiger partial charge in [-0.1, -0.05) is 12.1 Å². The Hall–Kier alpha value is -1.59. The fraction of sp³-hybridized carbons (Fsp3) is 0.533. The number of carbonyl (C=O) groups excluding carboxylic acids is 1. The fourth-order valence-electron chi connectivity index (χ4n) is 2.10. The minimum Gasteiger partial charge on any atom is -0.486 e. The number of para-hydroxylation sites is 2. The summed E-state index contributed by atoms with van der Waals surface area (Å²) in [6, 6.07) is 7.53. The molecule has 0 aliphatic carbocycles. The predicted molar refractivity (Wildman–Crippen MR) is 78.1 cm³/mol. The van der Waals surface area contributed by atoms with Gasteiger partial charge in [0.1, 0.15) is 11.9 Å². The Morgan fingerprint density at radius 2 is 2.30 bits per heavy atom. The maximum Gasteiger partial charge on any atom is 0.224 e. The van der Waals surface area contributed by atoms with Crippen molar-refractivity contribution in [2.75, 3.05) is 32.1 Å². The number of rotatable bonds is 7. The van der Waals surface area contributed by atoms with E-state index in [1.165, 1.54) is 0 Å². The van der Waals surface area contributed by atoms with Crippen LogP contribution in [0.2, 0.25) is 0 Å². The molecule has 1 aromatic carbocycles. The highest BCUT2D eigenvalue weighted by Crippen LogP contribution is 2.26. The van der Waals surface area contributed by atoms with Crippen LogP contribution in [0.5, 0.6) is 5.75 Å². The largest absolute Gasteiger partial charge is 0.486 e. The van der Waals surface area contributed by atoms with E-state index in [-0.39, 0.29) is 12.0 Å². The zero-order valence-electron chi connectivity index (χ0n) is 11.9. The SMILES string of the molecule is CNCCCC(=O)Nc1ccccc1OC1CCOC1. The predicted octanol–water partition coefficient (Wildman–Crippen LogP) is 1.79. The molecule has 20 heavy (non-hydrogen) atoms. The number of carbonyl (C=O) groups is 1. The third-order valence-corrected chi connectivity index (χ3v) is 3.17. The Morgan fingerprint density at radius 3 is 3.05 bits per heavy atom. The summed E-state index contributed by atoms with van der Waals surface area (Å²) in [5.74, 6) is 0.726. The van der Waals surface area contributed by atoms with Gasteiger partial charge >= 0.3 is 0 Å². The molecule has 0 spiro atoms. The van der Waals surface area contributed by atoms with E-state index in [0.29, 0.717) is 18.8 Å². The molecular weight excluding hydrogens is 256 g/mol. The lowest BCUT2D eigenvalue weighted by molar-refractivity contribution is -0.116. The molecule has 110 valence electrons. The topological polar surface area (TPSA) is 59.6 Å². The van der Waals surface area contributed by atoms with E-state index in [9.17, 15) is 4.79 Å². The van der Waals surface area contributed by atoms with E-state index >= 15 is 0 Å². The maximum absolute atomic E-state index is 11.9. The standard InChI is InChI=1S/C15H22N2O3/c1-16-9-4-7-15(18)17-13-5-2-3-6-14(13)20-12-8-10-19-11-12/h2-3,5-6,12,16H,4,7-11H2,1H3,(H,17,18). The van der Waals surface area contributed by atoms with Crippen molar-refractivity contribution >= 4 is 11.6 Å². The van der Waals surface area contributed by atoms with Crippen LogP contribution in [0, 0.1) is 0 Å². The van der Waals surface area contributed by atoms with E-state index in [1.807, 2.05) is 31.3 Å². The zero-order chi connectivity index (χ0) is 14.2. The summed E-state index contributed by atoms with van der Waals surface area (Å²) >= 11 is 0. The number of hydrogen-bond acceptors (Lipinski definition) is 4. The van der Waals surface area contributed by atoms with Crippen molar-refractivity contribution in [2.45, 2.75) is 25.4 Å². The molecule has 0 bridgehead atoms. The summed E-state index contributed by atoms with van der Waals surface area (Å²) in [5.41, 5.74) is 0.730. The first kappa shape index (κ1) is 14.8. The van der Waals surface area contributed by atoms with Crippen molar-refractivity contribution in [3.8, 4) is 5.75 Å². The molecule has 5 nitrogen and oxygen atoms in total. The van der Waals surface area contributed by atoms with Crippen LogP contribution >= 0.6 is 0 Å². The summed E-state index contributed by atoms with van der Waals surface area (Å²) in [7, 11) is 1.88. The second-order valence-electron chi connectivity index (χ2n) is 4.85. The maximum atomic E-state index is 11.9. The summed E-state index contributed by atoms with van der Waals surface area (Å²) < 4.78 is 11.2. The van der Waals surface area contributed by atoms with Crippen molar-refractivity contribution in [3.63, 3.8) is 0 Å². The molecule has 1 aliphatic rings. The van der Waals surface area contributed by atoms with Gasteiger partial charge in [0.15, 0.2) is 0 Å². The number of ether oxygens (including phenoxy) is 2. The fourth-order valence-corrected chi connectivity index (χ4v) is 2.10. The van der Waals surface area contributed by atoms with Crippen molar-refractivity contribution in [1.29, 1.82) is 0 Å².